The highest BCUT2D eigenvalue weighted by atomic mass is 32.2. The number of carbonyl (C=O) groups excluding carboxylic acids is 1. The van der Waals surface area contributed by atoms with E-state index in [1.165, 1.54) is 18.7 Å². The molecule has 0 amide bonds. The van der Waals surface area contributed by atoms with Gasteiger partial charge in [0.2, 0.25) is 5.78 Å². The van der Waals surface area contributed by atoms with Crippen LogP contribution in [-0.4, -0.2) is 69.2 Å². The van der Waals surface area contributed by atoms with Crippen molar-refractivity contribution in [3.05, 3.63) is 84.1 Å². The van der Waals surface area contributed by atoms with Crippen LogP contribution in [0.25, 0.3) is 10.8 Å². The van der Waals surface area contributed by atoms with Crippen LogP contribution in [0.5, 0.6) is 0 Å². The SMILES string of the molecule is NS(=O)(=O)OC[C@H]1CC(C=Nc2ncncc2C(=O)c2ccn(Cc3ccc4ccccc4c3)n2)[C@H](O)[C@@H]1O. The van der Waals surface area contributed by atoms with E-state index in [1.54, 1.807) is 16.9 Å². The first kappa shape index (κ1) is 26.7. The summed E-state index contributed by atoms with van der Waals surface area (Å²) in [6.07, 6.45) is 3.42. The molecule has 1 unspecified atom stereocenters. The Kier molecular flexibility index (Phi) is 7.59. The molecule has 0 spiro atoms. The lowest BCUT2D eigenvalue weighted by Gasteiger charge is -2.15. The van der Waals surface area contributed by atoms with Crippen LogP contribution in [0, 0.1) is 11.8 Å². The quantitative estimate of drug-likeness (QED) is 0.205. The summed E-state index contributed by atoms with van der Waals surface area (Å²) in [5.74, 6) is -1.66. The molecular formula is C26H26N6O6S. The molecule has 4 N–H and O–H groups in total. The fourth-order valence-electron chi connectivity index (χ4n) is 4.64. The minimum atomic E-state index is -4.18. The van der Waals surface area contributed by atoms with E-state index in [0.29, 0.717) is 6.54 Å². The standard InChI is InChI=1S/C26H26N6O6S/c27-39(36,37)38-14-20-10-19(23(33)24(20)34)11-29-26-21(12-28-15-30-26)25(35)22-7-8-32(31-22)13-16-5-6-17-3-1-2-4-18(17)9-16/h1-9,11-12,15,19-20,23-24,33-34H,10,13-14H2,(H2,27,36,37)/t19?,20-,23+,24-/m1/s1. The summed E-state index contributed by atoms with van der Waals surface area (Å²) in [5, 5.41) is 32.2. The van der Waals surface area contributed by atoms with Crippen molar-refractivity contribution in [1.82, 2.24) is 19.7 Å². The van der Waals surface area contributed by atoms with Crippen molar-refractivity contribution in [3.63, 3.8) is 0 Å². The number of carbonyl (C=O) groups is 1. The van der Waals surface area contributed by atoms with E-state index >= 15 is 0 Å². The van der Waals surface area contributed by atoms with Crippen LogP contribution in [0.1, 0.15) is 28.0 Å². The molecule has 0 saturated heterocycles. The van der Waals surface area contributed by atoms with Gasteiger partial charge in [-0.3, -0.25) is 13.7 Å². The summed E-state index contributed by atoms with van der Waals surface area (Å²) in [7, 11) is -4.18. The van der Waals surface area contributed by atoms with Crippen LogP contribution >= 0.6 is 0 Å². The zero-order valence-electron chi connectivity index (χ0n) is 20.6. The first-order chi connectivity index (χ1) is 18.7. The summed E-state index contributed by atoms with van der Waals surface area (Å²) in [6.45, 7) is 0.104. The van der Waals surface area contributed by atoms with Crippen molar-refractivity contribution in [2.45, 2.75) is 25.2 Å². The number of aliphatic hydroxyl groups is 2. The second kappa shape index (κ2) is 11.1. The van der Waals surface area contributed by atoms with Crippen LogP contribution in [0.15, 0.2) is 72.2 Å². The molecule has 5 rings (SSSR count). The number of aromatic nitrogens is 4. The molecule has 0 radical (unpaired) electrons. The van der Waals surface area contributed by atoms with Crippen molar-refractivity contribution in [2.24, 2.45) is 22.0 Å². The Bertz CT molecular complexity index is 1640. The maximum absolute atomic E-state index is 13.2. The van der Waals surface area contributed by atoms with E-state index in [-0.39, 0.29) is 30.1 Å². The first-order valence-electron chi connectivity index (χ1n) is 12.1. The minimum Gasteiger partial charge on any atom is -0.390 e. The van der Waals surface area contributed by atoms with Crippen LogP contribution in [0.4, 0.5) is 5.82 Å². The highest BCUT2D eigenvalue weighted by Gasteiger charge is 2.41. The molecular weight excluding hydrogens is 524 g/mol. The van der Waals surface area contributed by atoms with Gasteiger partial charge in [0, 0.05) is 30.4 Å². The number of nitrogens with zero attached hydrogens (tertiary/aromatic N) is 5. The van der Waals surface area contributed by atoms with Crippen LogP contribution in [-0.2, 0) is 21.0 Å². The molecule has 12 nitrogen and oxygen atoms in total. The number of nitrogens with two attached hydrogens (primary N) is 1. The van der Waals surface area contributed by atoms with Crippen molar-refractivity contribution < 1.29 is 27.6 Å². The van der Waals surface area contributed by atoms with Gasteiger partial charge in [-0.1, -0.05) is 36.4 Å². The molecule has 2 heterocycles. The van der Waals surface area contributed by atoms with E-state index in [2.05, 4.69) is 30.3 Å². The van der Waals surface area contributed by atoms with Gasteiger partial charge in [-0.15, -0.1) is 0 Å². The van der Waals surface area contributed by atoms with Crippen LogP contribution in [0.2, 0.25) is 0 Å². The Labute approximate surface area is 224 Å². The normalized spacial score (nSPS) is 21.6. The molecule has 2 aromatic carbocycles. The summed E-state index contributed by atoms with van der Waals surface area (Å²) in [6, 6.07) is 15.8. The number of benzene rings is 2. The molecule has 4 aromatic rings. The van der Waals surface area contributed by atoms with E-state index in [4.69, 9.17) is 5.14 Å². The molecule has 39 heavy (non-hydrogen) atoms. The largest absolute Gasteiger partial charge is 0.390 e. The molecule has 1 fully saturated rings. The number of ketones is 1. The minimum absolute atomic E-state index is 0.0741. The summed E-state index contributed by atoms with van der Waals surface area (Å²) in [4.78, 5) is 25.6. The van der Waals surface area contributed by atoms with Gasteiger partial charge in [0.05, 0.1) is 30.9 Å². The predicted molar refractivity (Wildman–Crippen MR) is 142 cm³/mol. The Hall–Kier alpha value is -3.88. The number of rotatable bonds is 9. The molecule has 4 atom stereocenters. The lowest BCUT2D eigenvalue weighted by Crippen LogP contribution is -2.31. The molecule has 2 aromatic heterocycles. The Morgan fingerprint density at radius 1 is 1.15 bits per heavy atom. The van der Waals surface area contributed by atoms with Gasteiger partial charge in [0.1, 0.15) is 12.0 Å². The van der Waals surface area contributed by atoms with E-state index in [9.17, 15) is 23.4 Å². The maximum Gasteiger partial charge on any atom is 0.333 e. The number of fused-ring (bicyclic) bond motifs is 1. The van der Waals surface area contributed by atoms with Crippen LogP contribution in [0.3, 0.4) is 0 Å². The zero-order chi connectivity index (χ0) is 27.6. The predicted octanol–water partition coefficient (Wildman–Crippen LogP) is 1.39. The van der Waals surface area contributed by atoms with Crippen molar-refractivity contribution in [2.75, 3.05) is 6.61 Å². The fraction of sp³-hybridized carbons (Fsp3) is 0.269. The van der Waals surface area contributed by atoms with Gasteiger partial charge in [-0.2, -0.15) is 13.5 Å². The van der Waals surface area contributed by atoms with Crippen molar-refractivity contribution in [1.29, 1.82) is 0 Å². The number of aliphatic hydroxyl groups excluding tert-OH is 2. The highest BCUT2D eigenvalue weighted by Crippen LogP contribution is 2.32. The lowest BCUT2D eigenvalue weighted by atomic mass is 10.1. The van der Waals surface area contributed by atoms with Gasteiger partial charge in [0.15, 0.2) is 5.82 Å². The fourth-order valence-corrected chi connectivity index (χ4v) is 5.01. The molecule has 202 valence electrons. The molecule has 1 aliphatic carbocycles. The highest BCUT2D eigenvalue weighted by molar-refractivity contribution is 7.84. The van der Waals surface area contributed by atoms with Gasteiger partial charge < -0.3 is 10.2 Å². The van der Waals surface area contributed by atoms with Crippen molar-refractivity contribution in [3.8, 4) is 0 Å². The molecule has 0 aliphatic heterocycles. The van der Waals surface area contributed by atoms with E-state index in [1.807, 2.05) is 36.4 Å². The second-order valence-electron chi connectivity index (χ2n) is 9.37. The summed E-state index contributed by atoms with van der Waals surface area (Å²) < 4.78 is 28.4. The topological polar surface area (TPSA) is 183 Å². The third kappa shape index (κ3) is 6.24. The number of aliphatic imine (C=N–C) groups is 1. The monoisotopic (exact) mass is 550 g/mol. The first-order valence-corrected chi connectivity index (χ1v) is 13.6. The van der Waals surface area contributed by atoms with Gasteiger partial charge in [-0.25, -0.2) is 20.1 Å². The molecule has 0 bridgehead atoms. The van der Waals surface area contributed by atoms with Crippen molar-refractivity contribution >= 4 is 38.9 Å². The summed E-state index contributed by atoms with van der Waals surface area (Å²) >= 11 is 0. The Balaban J connectivity index is 1.29. The molecule has 1 saturated carbocycles. The smallest absolute Gasteiger partial charge is 0.333 e. The third-order valence-electron chi connectivity index (χ3n) is 6.65. The second-order valence-corrected chi connectivity index (χ2v) is 10.6. The van der Waals surface area contributed by atoms with Gasteiger partial charge >= 0.3 is 10.3 Å². The Morgan fingerprint density at radius 2 is 1.95 bits per heavy atom. The number of hydrogen-bond acceptors (Lipinski definition) is 10. The number of hydrogen-bond donors (Lipinski definition) is 3. The summed E-state index contributed by atoms with van der Waals surface area (Å²) in [5.41, 5.74) is 1.35. The Morgan fingerprint density at radius 3 is 2.74 bits per heavy atom. The molecule has 13 heteroatoms. The van der Waals surface area contributed by atoms with E-state index in [0.717, 1.165) is 16.3 Å². The van der Waals surface area contributed by atoms with Gasteiger partial charge in [0.25, 0.3) is 0 Å². The lowest BCUT2D eigenvalue weighted by molar-refractivity contribution is 0.00466. The van der Waals surface area contributed by atoms with Crippen LogP contribution < -0.4 is 5.14 Å². The average molecular weight is 551 g/mol. The maximum atomic E-state index is 13.2. The van der Waals surface area contributed by atoms with E-state index < -0.39 is 40.1 Å². The molecule has 1 aliphatic rings. The average Bonchev–Trinajstić information content (AvgIpc) is 3.50. The van der Waals surface area contributed by atoms with Gasteiger partial charge in [-0.05, 0) is 34.9 Å². The third-order valence-corrected chi connectivity index (χ3v) is 7.11. The zero-order valence-corrected chi connectivity index (χ0v) is 21.4.